The monoisotopic (exact) mass is 291 g/mol. The Labute approximate surface area is 124 Å². The summed E-state index contributed by atoms with van der Waals surface area (Å²) < 4.78 is 11.1. The molecule has 2 aromatic rings. The van der Waals surface area contributed by atoms with Gasteiger partial charge in [-0.15, -0.1) is 0 Å². The third kappa shape index (κ3) is 3.89. The minimum Gasteiger partial charge on any atom is -0.497 e. The molecule has 0 saturated carbocycles. The van der Waals surface area contributed by atoms with Crippen LogP contribution in [0.3, 0.4) is 0 Å². The summed E-state index contributed by atoms with van der Waals surface area (Å²) in [6.45, 7) is 1.05. The van der Waals surface area contributed by atoms with E-state index in [1.807, 2.05) is 42.5 Å². The Morgan fingerprint density at radius 2 is 2.00 bits per heavy atom. The number of ether oxygens (including phenoxy) is 2. The molecule has 2 aromatic carbocycles. The highest BCUT2D eigenvalue weighted by atomic mass is 35.5. The maximum atomic E-state index is 5.96. The third-order valence-electron chi connectivity index (χ3n) is 2.97. The van der Waals surface area contributed by atoms with Crippen LogP contribution in [0.4, 0.5) is 0 Å². The zero-order valence-electron chi connectivity index (χ0n) is 11.4. The Morgan fingerprint density at radius 3 is 2.70 bits per heavy atom. The topological polar surface area (TPSA) is 44.5 Å². The van der Waals surface area contributed by atoms with Crippen molar-refractivity contribution in [3.05, 3.63) is 58.6 Å². The predicted molar refractivity (Wildman–Crippen MR) is 81.5 cm³/mol. The van der Waals surface area contributed by atoms with E-state index in [0.717, 1.165) is 29.0 Å². The summed E-state index contributed by atoms with van der Waals surface area (Å²) in [6.07, 6.45) is 0.773. The van der Waals surface area contributed by atoms with Crippen molar-refractivity contribution in [2.24, 2.45) is 5.73 Å². The van der Waals surface area contributed by atoms with Crippen molar-refractivity contribution >= 4 is 11.6 Å². The number of nitrogens with two attached hydrogens (primary N) is 1. The smallest absolute Gasteiger partial charge is 0.126 e. The van der Waals surface area contributed by atoms with Crippen LogP contribution in [0.15, 0.2) is 42.5 Å². The summed E-state index contributed by atoms with van der Waals surface area (Å²) in [5, 5.41) is 0.707. The fraction of sp³-hybridized carbons (Fsp3) is 0.250. The third-order valence-corrected chi connectivity index (χ3v) is 3.21. The Balaban J connectivity index is 2.14. The number of methoxy groups -OCH3 is 1. The lowest BCUT2D eigenvalue weighted by atomic mass is 10.1. The zero-order chi connectivity index (χ0) is 14.4. The van der Waals surface area contributed by atoms with E-state index in [9.17, 15) is 0 Å². The molecule has 0 aliphatic rings. The normalized spacial score (nSPS) is 10.3. The molecule has 0 aliphatic heterocycles. The Kier molecular flexibility index (Phi) is 5.27. The molecule has 0 aromatic heterocycles. The SMILES string of the molecule is COc1ccc(CCN)c(OCc2cccc(Cl)c2)c1. The molecule has 0 bridgehead atoms. The molecule has 0 fully saturated rings. The number of rotatable bonds is 6. The number of halogens is 1. The maximum Gasteiger partial charge on any atom is 0.126 e. The lowest BCUT2D eigenvalue weighted by Crippen LogP contribution is -2.05. The molecule has 2 rings (SSSR count). The molecule has 0 aliphatic carbocycles. The van der Waals surface area contributed by atoms with Crippen LogP contribution in [0, 0.1) is 0 Å². The van der Waals surface area contributed by atoms with Crippen LogP contribution in [-0.4, -0.2) is 13.7 Å². The molecule has 0 unspecified atom stereocenters. The minimum atomic E-state index is 0.464. The lowest BCUT2D eigenvalue weighted by Gasteiger charge is -2.13. The summed E-state index contributed by atoms with van der Waals surface area (Å²) in [5.74, 6) is 1.57. The Bertz CT molecular complexity index is 572. The summed E-state index contributed by atoms with van der Waals surface area (Å²) in [6, 6.07) is 13.4. The average molecular weight is 292 g/mol. The lowest BCUT2D eigenvalue weighted by molar-refractivity contribution is 0.300. The summed E-state index contributed by atoms with van der Waals surface area (Å²) in [4.78, 5) is 0. The van der Waals surface area contributed by atoms with Crippen LogP contribution in [0.5, 0.6) is 11.5 Å². The zero-order valence-corrected chi connectivity index (χ0v) is 12.2. The van der Waals surface area contributed by atoms with Crippen molar-refractivity contribution in [2.45, 2.75) is 13.0 Å². The second-order valence-corrected chi connectivity index (χ2v) is 4.87. The van der Waals surface area contributed by atoms with Crippen molar-refractivity contribution in [3.63, 3.8) is 0 Å². The quantitative estimate of drug-likeness (QED) is 0.887. The number of benzene rings is 2. The molecular formula is C16H18ClNO2. The van der Waals surface area contributed by atoms with Gasteiger partial charge in [-0.1, -0.05) is 29.8 Å². The maximum absolute atomic E-state index is 5.96. The highest BCUT2D eigenvalue weighted by Gasteiger charge is 2.06. The molecule has 0 saturated heterocycles. The van der Waals surface area contributed by atoms with E-state index in [2.05, 4.69) is 0 Å². The van der Waals surface area contributed by atoms with Gasteiger partial charge in [-0.25, -0.2) is 0 Å². The number of hydrogen-bond acceptors (Lipinski definition) is 3. The van der Waals surface area contributed by atoms with Crippen LogP contribution in [0.1, 0.15) is 11.1 Å². The molecule has 20 heavy (non-hydrogen) atoms. The van der Waals surface area contributed by atoms with Crippen molar-refractivity contribution in [2.75, 3.05) is 13.7 Å². The van der Waals surface area contributed by atoms with E-state index in [1.165, 1.54) is 0 Å². The molecule has 4 heteroatoms. The summed E-state index contributed by atoms with van der Waals surface area (Å²) in [5.41, 5.74) is 7.73. The first-order valence-electron chi connectivity index (χ1n) is 6.47. The molecule has 106 valence electrons. The molecular weight excluding hydrogens is 274 g/mol. The van der Waals surface area contributed by atoms with E-state index in [4.69, 9.17) is 26.8 Å². The van der Waals surface area contributed by atoms with Gasteiger partial charge in [0.1, 0.15) is 18.1 Å². The second-order valence-electron chi connectivity index (χ2n) is 4.43. The van der Waals surface area contributed by atoms with Gasteiger partial charge in [-0.2, -0.15) is 0 Å². The highest BCUT2D eigenvalue weighted by Crippen LogP contribution is 2.26. The highest BCUT2D eigenvalue weighted by molar-refractivity contribution is 6.30. The van der Waals surface area contributed by atoms with Crippen LogP contribution in [-0.2, 0) is 13.0 Å². The van der Waals surface area contributed by atoms with E-state index >= 15 is 0 Å². The standard InChI is InChI=1S/C16H18ClNO2/c1-19-15-6-5-13(7-8-18)16(10-15)20-11-12-3-2-4-14(17)9-12/h2-6,9-10H,7-8,11,18H2,1H3. The molecule has 3 nitrogen and oxygen atoms in total. The van der Waals surface area contributed by atoms with Crippen LogP contribution >= 0.6 is 11.6 Å². The van der Waals surface area contributed by atoms with E-state index in [0.29, 0.717) is 18.2 Å². The Morgan fingerprint density at radius 1 is 1.15 bits per heavy atom. The van der Waals surface area contributed by atoms with Gasteiger partial charge in [0.05, 0.1) is 7.11 Å². The molecule has 0 spiro atoms. The van der Waals surface area contributed by atoms with Gasteiger partial charge < -0.3 is 15.2 Å². The second kappa shape index (κ2) is 7.17. The van der Waals surface area contributed by atoms with Gasteiger partial charge in [-0.05, 0) is 42.3 Å². The summed E-state index contributed by atoms with van der Waals surface area (Å²) in [7, 11) is 1.64. The molecule has 0 amide bonds. The fourth-order valence-corrected chi connectivity index (χ4v) is 2.16. The first kappa shape index (κ1) is 14.7. The van der Waals surface area contributed by atoms with Crippen molar-refractivity contribution in [1.29, 1.82) is 0 Å². The van der Waals surface area contributed by atoms with Crippen molar-refractivity contribution in [3.8, 4) is 11.5 Å². The van der Waals surface area contributed by atoms with Crippen LogP contribution < -0.4 is 15.2 Å². The van der Waals surface area contributed by atoms with E-state index < -0.39 is 0 Å². The molecule has 0 heterocycles. The van der Waals surface area contributed by atoms with Crippen LogP contribution in [0.2, 0.25) is 5.02 Å². The van der Waals surface area contributed by atoms with Gasteiger partial charge in [0, 0.05) is 11.1 Å². The van der Waals surface area contributed by atoms with E-state index in [-0.39, 0.29) is 0 Å². The first-order chi connectivity index (χ1) is 9.72. The molecule has 2 N–H and O–H groups in total. The van der Waals surface area contributed by atoms with Crippen LogP contribution in [0.25, 0.3) is 0 Å². The predicted octanol–water partition coefficient (Wildman–Crippen LogP) is 3.43. The average Bonchev–Trinajstić information content (AvgIpc) is 2.46. The van der Waals surface area contributed by atoms with Gasteiger partial charge >= 0.3 is 0 Å². The Hall–Kier alpha value is -1.71. The molecule has 0 atom stereocenters. The largest absolute Gasteiger partial charge is 0.497 e. The van der Waals surface area contributed by atoms with Gasteiger partial charge in [0.2, 0.25) is 0 Å². The van der Waals surface area contributed by atoms with Gasteiger partial charge in [-0.3, -0.25) is 0 Å². The van der Waals surface area contributed by atoms with E-state index in [1.54, 1.807) is 7.11 Å². The van der Waals surface area contributed by atoms with Gasteiger partial charge in [0.15, 0.2) is 0 Å². The number of hydrogen-bond donors (Lipinski definition) is 1. The first-order valence-corrected chi connectivity index (χ1v) is 6.85. The fourth-order valence-electron chi connectivity index (χ4n) is 1.95. The minimum absolute atomic E-state index is 0.464. The van der Waals surface area contributed by atoms with Crippen molar-refractivity contribution in [1.82, 2.24) is 0 Å². The van der Waals surface area contributed by atoms with Crippen molar-refractivity contribution < 1.29 is 9.47 Å². The van der Waals surface area contributed by atoms with Gasteiger partial charge in [0.25, 0.3) is 0 Å². The summed E-state index contributed by atoms with van der Waals surface area (Å²) >= 11 is 5.96. The molecule has 0 radical (unpaired) electrons.